The van der Waals surface area contributed by atoms with Gasteiger partial charge in [-0.15, -0.1) is 0 Å². The van der Waals surface area contributed by atoms with Crippen molar-refractivity contribution in [1.82, 2.24) is 5.32 Å². The second-order valence-corrected chi connectivity index (χ2v) is 5.55. The maximum atomic E-state index is 12.0. The molecule has 0 spiro atoms. The van der Waals surface area contributed by atoms with Crippen molar-refractivity contribution >= 4 is 6.09 Å². The highest BCUT2D eigenvalue weighted by Gasteiger charge is 2.25. The summed E-state index contributed by atoms with van der Waals surface area (Å²) in [6, 6.07) is 13.1. The molecule has 0 aliphatic heterocycles. The molecule has 140 valence electrons. The van der Waals surface area contributed by atoms with Gasteiger partial charge in [0.25, 0.3) is 0 Å². The van der Waals surface area contributed by atoms with Gasteiger partial charge in [-0.1, -0.05) is 30.3 Å². The lowest BCUT2D eigenvalue weighted by Gasteiger charge is -2.24. The fourth-order valence-electron chi connectivity index (χ4n) is 2.42. The molecule has 0 saturated carbocycles. The molecule has 0 bridgehead atoms. The van der Waals surface area contributed by atoms with Crippen LogP contribution in [0.4, 0.5) is 4.79 Å². The van der Waals surface area contributed by atoms with Gasteiger partial charge in [-0.05, 0) is 17.7 Å². The lowest BCUT2D eigenvalue weighted by Crippen LogP contribution is -2.42. The van der Waals surface area contributed by atoms with E-state index in [1.807, 2.05) is 30.3 Å². The Morgan fingerprint density at radius 1 is 1.12 bits per heavy atom. The molecule has 1 amide bonds. The second kappa shape index (κ2) is 9.65. The standard InChI is InChI=1S/C19H23NO6/c1-24-14-8-9-15(17(10-14)25-2)18(22)16(11-21)20-19(23)26-12-13-6-4-3-5-7-13/h3-10,16,18,21-22H,11-12H2,1-2H3,(H,20,23)/t16?,18-/m1/s1. The third-order valence-electron chi connectivity index (χ3n) is 3.85. The molecule has 2 aromatic carbocycles. The number of carbonyl (C=O) groups is 1. The number of aliphatic hydroxyl groups excluding tert-OH is 2. The predicted octanol–water partition coefficient (Wildman–Crippen LogP) is 2.02. The third-order valence-corrected chi connectivity index (χ3v) is 3.85. The summed E-state index contributed by atoms with van der Waals surface area (Å²) in [4.78, 5) is 12.0. The molecular formula is C19H23NO6. The quantitative estimate of drug-likeness (QED) is 0.666. The van der Waals surface area contributed by atoms with Crippen molar-refractivity contribution in [1.29, 1.82) is 0 Å². The number of hydrogen-bond donors (Lipinski definition) is 3. The molecule has 0 fully saturated rings. The Kier molecular flexibility index (Phi) is 7.25. The average Bonchev–Trinajstić information content (AvgIpc) is 2.70. The van der Waals surface area contributed by atoms with E-state index in [1.54, 1.807) is 18.2 Å². The summed E-state index contributed by atoms with van der Waals surface area (Å²) < 4.78 is 15.5. The van der Waals surface area contributed by atoms with Gasteiger partial charge in [0.2, 0.25) is 0 Å². The summed E-state index contributed by atoms with van der Waals surface area (Å²) in [7, 11) is 2.98. The monoisotopic (exact) mass is 361 g/mol. The summed E-state index contributed by atoms with van der Waals surface area (Å²) in [5.74, 6) is 0.948. The molecule has 2 aromatic rings. The normalized spacial score (nSPS) is 12.8. The summed E-state index contributed by atoms with van der Waals surface area (Å²) in [6.45, 7) is -0.385. The van der Waals surface area contributed by atoms with Crippen molar-refractivity contribution in [3.05, 3.63) is 59.7 Å². The van der Waals surface area contributed by atoms with E-state index in [9.17, 15) is 15.0 Å². The molecule has 0 aliphatic rings. The predicted molar refractivity (Wildman–Crippen MR) is 95.1 cm³/mol. The summed E-state index contributed by atoms with van der Waals surface area (Å²) in [5.41, 5.74) is 1.25. The number of methoxy groups -OCH3 is 2. The van der Waals surface area contributed by atoms with E-state index in [4.69, 9.17) is 14.2 Å². The lowest BCUT2D eigenvalue weighted by molar-refractivity contribution is 0.0748. The SMILES string of the molecule is COc1ccc([C@@H](O)C(CO)NC(=O)OCc2ccccc2)c(OC)c1. The number of amides is 1. The average molecular weight is 361 g/mol. The molecule has 7 heteroatoms. The fourth-order valence-corrected chi connectivity index (χ4v) is 2.42. The largest absolute Gasteiger partial charge is 0.497 e. The molecule has 2 rings (SSSR count). The van der Waals surface area contributed by atoms with Crippen LogP contribution in [0, 0.1) is 0 Å². The number of aliphatic hydroxyl groups is 2. The molecule has 1 unspecified atom stereocenters. The number of ether oxygens (including phenoxy) is 3. The van der Waals surface area contributed by atoms with E-state index < -0.39 is 24.8 Å². The maximum Gasteiger partial charge on any atom is 0.407 e. The molecule has 0 radical (unpaired) electrons. The first-order valence-electron chi connectivity index (χ1n) is 8.07. The molecule has 3 N–H and O–H groups in total. The zero-order chi connectivity index (χ0) is 18.9. The molecule has 0 aromatic heterocycles. The number of alkyl carbamates (subject to hydrolysis) is 1. The van der Waals surface area contributed by atoms with Crippen molar-refractivity contribution in [2.75, 3.05) is 20.8 Å². The molecule has 0 aliphatic carbocycles. The van der Waals surface area contributed by atoms with E-state index in [2.05, 4.69) is 5.32 Å². The van der Waals surface area contributed by atoms with Crippen LogP contribution in [-0.4, -0.2) is 43.2 Å². The van der Waals surface area contributed by atoms with E-state index >= 15 is 0 Å². The van der Waals surface area contributed by atoms with Crippen molar-refractivity contribution in [3.8, 4) is 11.5 Å². The first-order valence-corrected chi connectivity index (χ1v) is 8.07. The lowest BCUT2D eigenvalue weighted by atomic mass is 10.0. The Morgan fingerprint density at radius 2 is 1.85 bits per heavy atom. The van der Waals surface area contributed by atoms with Gasteiger partial charge < -0.3 is 29.7 Å². The highest BCUT2D eigenvalue weighted by Crippen LogP contribution is 2.31. The minimum absolute atomic E-state index is 0.0901. The number of rotatable bonds is 8. The van der Waals surface area contributed by atoms with Crippen LogP contribution < -0.4 is 14.8 Å². The Hall–Kier alpha value is -2.77. The van der Waals surface area contributed by atoms with Crippen molar-refractivity contribution in [2.24, 2.45) is 0 Å². The van der Waals surface area contributed by atoms with Gasteiger partial charge in [0.05, 0.1) is 26.9 Å². The van der Waals surface area contributed by atoms with Crippen LogP contribution in [0.5, 0.6) is 11.5 Å². The molecule has 7 nitrogen and oxygen atoms in total. The first kappa shape index (κ1) is 19.6. The van der Waals surface area contributed by atoms with Gasteiger partial charge in [-0.3, -0.25) is 0 Å². The Bertz CT molecular complexity index is 706. The maximum absolute atomic E-state index is 12.0. The van der Waals surface area contributed by atoms with Gasteiger partial charge in [0.1, 0.15) is 24.2 Å². The topological polar surface area (TPSA) is 97.2 Å². The van der Waals surface area contributed by atoms with Crippen LogP contribution in [0.25, 0.3) is 0 Å². The van der Waals surface area contributed by atoms with Gasteiger partial charge in [-0.25, -0.2) is 4.79 Å². The first-order chi connectivity index (χ1) is 12.6. The van der Waals surface area contributed by atoms with Gasteiger partial charge >= 0.3 is 6.09 Å². The van der Waals surface area contributed by atoms with E-state index in [-0.39, 0.29) is 6.61 Å². The van der Waals surface area contributed by atoms with Crippen LogP contribution >= 0.6 is 0 Å². The van der Waals surface area contributed by atoms with Gasteiger partial charge in [-0.2, -0.15) is 0 Å². The molecule has 26 heavy (non-hydrogen) atoms. The van der Waals surface area contributed by atoms with Crippen molar-refractivity contribution in [2.45, 2.75) is 18.8 Å². The Morgan fingerprint density at radius 3 is 2.46 bits per heavy atom. The second-order valence-electron chi connectivity index (χ2n) is 5.55. The van der Waals surface area contributed by atoms with E-state index in [1.165, 1.54) is 14.2 Å². The summed E-state index contributed by atoms with van der Waals surface area (Å²) >= 11 is 0. The number of nitrogens with one attached hydrogen (secondary N) is 1. The van der Waals surface area contributed by atoms with Crippen LogP contribution in [0.1, 0.15) is 17.2 Å². The van der Waals surface area contributed by atoms with Crippen LogP contribution in [0.2, 0.25) is 0 Å². The summed E-state index contributed by atoms with van der Waals surface area (Å²) in [6.07, 6.45) is -1.93. The number of benzene rings is 2. The van der Waals surface area contributed by atoms with Crippen molar-refractivity contribution in [3.63, 3.8) is 0 Å². The smallest absolute Gasteiger partial charge is 0.407 e. The Balaban J connectivity index is 2.01. The molecular weight excluding hydrogens is 338 g/mol. The zero-order valence-electron chi connectivity index (χ0n) is 14.7. The number of hydrogen-bond acceptors (Lipinski definition) is 6. The third kappa shape index (κ3) is 5.11. The van der Waals surface area contributed by atoms with Gasteiger partial charge in [0, 0.05) is 11.6 Å². The Labute approximate surface area is 152 Å². The highest BCUT2D eigenvalue weighted by atomic mass is 16.5. The van der Waals surface area contributed by atoms with Crippen LogP contribution in [0.3, 0.4) is 0 Å². The summed E-state index contributed by atoms with van der Waals surface area (Å²) in [5, 5.41) is 22.6. The minimum atomic E-state index is -1.19. The highest BCUT2D eigenvalue weighted by molar-refractivity contribution is 5.67. The van der Waals surface area contributed by atoms with E-state index in [0.717, 1.165) is 5.56 Å². The molecule has 2 atom stereocenters. The molecule has 0 saturated heterocycles. The number of carbonyl (C=O) groups excluding carboxylic acids is 1. The van der Waals surface area contributed by atoms with Crippen molar-refractivity contribution < 1.29 is 29.2 Å². The molecule has 0 heterocycles. The van der Waals surface area contributed by atoms with Crippen LogP contribution in [-0.2, 0) is 11.3 Å². The minimum Gasteiger partial charge on any atom is -0.497 e. The van der Waals surface area contributed by atoms with Crippen LogP contribution in [0.15, 0.2) is 48.5 Å². The fraction of sp³-hybridized carbons (Fsp3) is 0.316. The van der Waals surface area contributed by atoms with E-state index in [0.29, 0.717) is 17.1 Å². The zero-order valence-corrected chi connectivity index (χ0v) is 14.7. The van der Waals surface area contributed by atoms with Gasteiger partial charge in [0.15, 0.2) is 0 Å².